The standard InChI is InChI=1S/C21H18F2N2O4S/c1-30(28,29)25-18-12-17(10-11-19(18)26)24-21(27)16-8-4-14(5-9-16)13-2-6-15(7-3-13)20(22)23/h2-12,20,25-26H,1H3,(H,24,27). The van der Waals surface area contributed by atoms with Gasteiger partial charge in [0, 0.05) is 16.8 Å². The molecule has 0 unspecified atom stereocenters. The molecule has 0 fully saturated rings. The third-order valence-corrected chi connectivity index (χ3v) is 4.78. The Morgan fingerprint density at radius 1 is 0.933 bits per heavy atom. The Balaban J connectivity index is 1.74. The van der Waals surface area contributed by atoms with Crippen LogP contribution in [0.5, 0.6) is 5.75 Å². The van der Waals surface area contributed by atoms with E-state index in [1.54, 1.807) is 36.4 Å². The van der Waals surface area contributed by atoms with Crippen molar-refractivity contribution in [3.05, 3.63) is 77.9 Å². The zero-order valence-electron chi connectivity index (χ0n) is 15.8. The highest BCUT2D eigenvalue weighted by Gasteiger charge is 2.12. The van der Waals surface area contributed by atoms with E-state index in [0.717, 1.165) is 17.4 Å². The molecule has 3 aromatic rings. The molecular weight excluding hydrogens is 414 g/mol. The minimum atomic E-state index is -3.60. The summed E-state index contributed by atoms with van der Waals surface area (Å²) < 4.78 is 50.2. The van der Waals surface area contributed by atoms with Crippen molar-refractivity contribution in [2.45, 2.75) is 6.43 Å². The van der Waals surface area contributed by atoms with Gasteiger partial charge in [0.15, 0.2) is 0 Å². The number of phenols is 1. The summed E-state index contributed by atoms with van der Waals surface area (Å²) in [5.74, 6) is -0.716. The second kappa shape index (κ2) is 8.50. The molecule has 0 aromatic heterocycles. The fraction of sp³-hybridized carbons (Fsp3) is 0.0952. The first-order valence-electron chi connectivity index (χ1n) is 8.73. The second-order valence-corrected chi connectivity index (χ2v) is 8.31. The van der Waals surface area contributed by atoms with E-state index < -0.39 is 22.4 Å². The molecule has 3 N–H and O–H groups in total. The van der Waals surface area contributed by atoms with E-state index in [4.69, 9.17) is 0 Å². The molecule has 0 atom stereocenters. The molecule has 0 aliphatic carbocycles. The number of anilines is 2. The van der Waals surface area contributed by atoms with Crippen LogP contribution in [0.2, 0.25) is 0 Å². The summed E-state index contributed by atoms with van der Waals surface area (Å²) in [5, 5.41) is 12.4. The number of rotatable bonds is 6. The van der Waals surface area contributed by atoms with Crippen LogP contribution in [0.15, 0.2) is 66.7 Å². The van der Waals surface area contributed by atoms with E-state index in [0.29, 0.717) is 5.56 Å². The van der Waals surface area contributed by atoms with Crippen LogP contribution in [0.3, 0.4) is 0 Å². The molecule has 1 amide bonds. The lowest BCUT2D eigenvalue weighted by Gasteiger charge is -2.11. The summed E-state index contributed by atoms with van der Waals surface area (Å²) in [5.41, 5.74) is 2.01. The van der Waals surface area contributed by atoms with Gasteiger partial charge in [-0.15, -0.1) is 0 Å². The van der Waals surface area contributed by atoms with Gasteiger partial charge in [-0.3, -0.25) is 9.52 Å². The molecule has 0 radical (unpaired) electrons. The highest BCUT2D eigenvalue weighted by Crippen LogP contribution is 2.28. The van der Waals surface area contributed by atoms with Crippen LogP contribution in [-0.2, 0) is 10.0 Å². The monoisotopic (exact) mass is 432 g/mol. The van der Waals surface area contributed by atoms with Gasteiger partial charge in [0.05, 0.1) is 11.9 Å². The molecule has 9 heteroatoms. The van der Waals surface area contributed by atoms with Crippen LogP contribution in [0.4, 0.5) is 20.2 Å². The zero-order chi connectivity index (χ0) is 21.9. The molecule has 156 valence electrons. The maximum absolute atomic E-state index is 12.7. The van der Waals surface area contributed by atoms with E-state index in [-0.39, 0.29) is 22.7 Å². The summed E-state index contributed by atoms with van der Waals surface area (Å²) in [4.78, 5) is 12.5. The molecular formula is C21H18F2N2O4S. The summed E-state index contributed by atoms with van der Waals surface area (Å²) >= 11 is 0. The zero-order valence-corrected chi connectivity index (χ0v) is 16.6. The van der Waals surface area contributed by atoms with E-state index in [9.17, 15) is 27.1 Å². The van der Waals surface area contributed by atoms with Crippen LogP contribution in [0.1, 0.15) is 22.3 Å². The maximum Gasteiger partial charge on any atom is 0.263 e. The van der Waals surface area contributed by atoms with E-state index >= 15 is 0 Å². The topological polar surface area (TPSA) is 95.5 Å². The van der Waals surface area contributed by atoms with Gasteiger partial charge in [0.1, 0.15) is 5.75 Å². The predicted molar refractivity (Wildman–Crippen MR) is 111 cm³/mol. The van der Waals surface area contributed by atoms with Gasteiger partial charge in [0.25, 0.3) is 12.3 Å². The second-order valence-electron chi connectivity index (χ2n) is 6.56. The Labute approximate surface area is 172 Å². The van der Waals surface area contributed by atoms with Gasteiger partial charge in [-0.2, -0.15) is 0 Å². The lowest BCUT2D eigenvalue weighted by Crippen LogP contribution is -2.13. The average Bonchev–Trinajstić information content (AvgIpc) is 2.69. The van der Waals surface area contributed by atoms with Crippen molar-refractivity contribution in [3.63, 3.8) is 0 Å². The number of amides is 1. The largest absolute Gasteiger partial charge is 0.506 e. The minimum absolute atomic E-state index is 0.0575. The Kier molecular flexibility index (Phi) is 6.02. The smallest absolute Gasteiger partial charge is 0.263 e. The van der Waals surface area contributed by atoms with Crippen LogP contribution in [0.25, 0.3) is 11.1 Å². The Morgan fingerprint density at radius 3 is 2.03 bits per heavy atom. The molecule has 0 spiro atoms. The van der Waals surface area contributed by atoms with Crippen molar-refractivity contribution in [3.8, 4) is 16.9 Å². The number of sulfonamides is 1. The van der Waals surface area contributed by atoms with Gasteiger partial charge >= 0.3 is 0 Å². The molecule has 0 bridgehead atoms. The SMILES string of the molecule is CS(=O)(=O)Nc1cc(NC(=O)c2ccc(-c3ccc(C(F)F)cc3)cc2)ccc1O. The van der Waals surface area contributed by atoms with Crippen molar-refractivity contribution in [1.29, 1.82) is 0 Å². The first-order chi connectivity index (χ1) is 14.1. The number of aromatic hydroxyl groups is 1. The number of nitrogens with one attached hydrogen (secondary N) is 2. The van der Waals surface area contributed by atoms with Crippen LogP contribution in [-0.4, -0.2) is 25.7 Å². The number of benzene rings is 3. The van der Waals surface area contributed by atoms with Crippen molar-refractivity contribution in [2.24, 2.45) is 0 Å². The fourth-order valence-corrected chi connectivity index (χ4v) is 3.30. The summed E-state index contributed by atoms with van der Waals surface area (Å²) in [6.07, 6.45) is -1.58. The fourth-order valence-electron chi connectivity index (χ4n) is 2.73. The Bertz CT molecular complexity index is 1160. The number of halogens is 2. The van der Waals surface area contributed by atoms with Gasteiger partial charge < -0.3 is 10.4 Å². The van der Waals surface area contributed by atoms with Crippen molar-refractivity contribution in [1.82, 2.24) is 0 Å². The number of phenolic OH excluding ortho intramolecular Hbond substituents is 1. The molecule has 0 saturated heterocycles. The molecule has 30 heavy (non-hydrogen) atoms. The molecule has 3 aromatic carbocycles. The van der Waals surface area contributed by atoms with E-state index in [1.807, 2.05) is 0 Å². The highest BCUT2D eigenvalue weighted by molar-refractivity contribution is 7.92. The van der Waals surface area contributed by atoms with E-state index in [2.05, 4.69) is 10.0 Å². The normalized spacial score (nSPS) is 11.3. The summed E-state index contributed by atoms with van der Waals surface area (Å²) in [7, 11) is -3.60. The Morgan fingerprint density at radius 2 is 1.50 bits per heavy atom. The molecule has 3 rings (SSSR count). The molecule has 0 heterocycles. The van der Waals surface area contributed by atoms with Crippen molar-refractivity contribution >= 4 is 27.3 Å². The van der Waals surface area contributed by atoms with Gasteiger partial charge in [-0.25, -0.2) is 17.2 Å². The molecule has 0 aliphatic rings. The van der Waals surface area contributed by atoms with Crippen molar-refractivity contribution in [2.75, 3.05) is 16.3 Å². The number of hydrogen-bond acceptors (Lipinski definition) is 4. The van der Waals surface area contributed by atoms with Gasteiger partial charge in [0.2, 0.25) is 10.0 Å². The minimum Gasteiger partial charge on any atom is -0.506 e. The van der Waals surface area contributed by atoms with Gasteiger partial charge in [-0.05, 0) is 41.5 Å². The molecule has 0 aliphatic heterocycles. The number of carbonyl (C=O) groups excluding carboxylic acids is 1. The highest BCUT2D eigenvalue weighted by atomic mass is 32.2. The summed E-state index contributed by atoms with van der Waals surface area (Å²) in [6, 6.07) is 16.4. The van der Waals surface area contributed by atoms with Crippen molar-refractivity contribution < 1.29 is 27.1 Å². The van der Waals surface area contributed by atoms with Crippen LogP contribution < -0.4 is 10.0 Å². The Hall–Kier alpha value is -3.46. The third-order valence-electron chi connectivity index (χ3n) is 4.19. The van der Waals surface area contributed by atoms with Crippen LogP contribution in [0, 0.1) is 0 Å². The summed E-state index contributed by atoms with van der Waals surface area (Å²) in [6.45, 7) is 0. The third kappa shape index (κ3) is 5.32. The lowest BCUT2D eigenvalue weighted by atomic mass is 10.0. The number of alkyl halides is 2. The quantitative estimate of drug-likeness (QED) is 0.391. The average molecular weight is 432 g/mol. The van der Waals surface area contributed by atoms with Crippen LogP contribution >= 0.6 is 0 Å². The predicted octanol–water partition coefficient (Wildman–Crippen LogP) is 4.62. The lowest BCUT2D eigenvalue weighted by molar-refractivity contribution is 0.102. The molecule has 6 nitrogen and oxygen atoms in total. The maximum atomic E-state index is 12.7. The molecule has 0 saturated carbocycles. The number of carbonyl (C=O) groups is 1. The number of hydrogen-bond donors (Lipinski definition) is 3. The van der Waals surface area contributed by atoms with Gasteiger partial charge in [-0.1, -0.05) is 36.4 Å². The van der Waals surface area contributed by atoms with E-state index in [1.165, 1.54) is 30.3 Å². The first-order valence-corrected chi connectivity index (χ1v) is 10.6. The first kappa shape index (κ1) is 21.3.